The monoisotopic (exact) mass is 566 g/mol. The number of nitrogens with zero attached hydrogens (tertiary/aromatic N) is 4. The van der Waals surface area contributed by atoms with Crippen LogP contribution in [0.2, 0.25) is 0 Å². The normalized spacial score (nSPS) is 19.0. The van der Waals surface area contributed by atoms with Crippen molar-refractivity contribution in [2.24, 2.45) is 22.0 Å². The fourth-order valence-electron chi connectivity index (χ4n) is 5.62. The maximum Gasteiger partial charge on any atom is 0.344 e. The topological polar surface area (TPSA) is 101 Å². The van der Waals surface area contributed by atoms with E-state index >= 15 is 0 Å². The fraction of sp³-hybridized carbons (Fsp3) is 0.303. The zero-order valence-corrected chi connectivity index (χ0v) is 24.0. The Bertz CT molecular complexity index is 1420. The molecule has 2 aliphatic heterocycles. The van der Waals surface area contributed by atoms with E-state index in [0.717, 1.165) is 0 Å². The van der Waals surface area contributed by atoms with E-state index in [4.69, 9.17) is 19.7 Å². The number of benzene rings is 3. The molecule has 0 aliphatic carbocycles. The summed E-state index contributed by atoms with van der Waals surface area (Å²) in [5.41, 5.74) is 3.25. The van der Waals surface area contributed by atoms with Crippen LogP contribution < -0.4 is 14.8 Å². The minimum atomic E-state index is -0.760. The molecule has 0 fully saturated rings. The van der Waals surface area contributed by atoms with Crippen LogP contribution in [0.4, 0.5) is 11.4 Å². The van der Waals surface area contributed by atoms with Crippen molar-refractivity contribution in [3.05, 3.63) is 90.5 Å². The Balaban J connectivity index is 1.63. The summed E-state index contributed by atoms with van der Waals surface area (Å²) in [6.07, 6.45) is 1.01. The zero-order valence-electron chi connectivity index (χ0n) is 24.0. The third-order valence-corrected chi connectivity index (χ3v) is 7.50. The molecule has 0 N–H and O–H groups in total. The minimum absolute atomic E-state index is 0.232. The first-order valence-electron chi connectivity index (χ1n) is 14.3. The molecule has 3 aromatic rings. The lowest BCUT2D eigenvalue weighted by molar-refractivity contribution is -0.145. The summed E-state index contributed by atoms with van der Waals surface area (Å²) in [6.45, 7) is 5.57. The lowest BCUT2D eigenvalue weighted by Gasteiger charge is -2.30. The van der Waals surface area contributed by atoms with Gasteiger partial charge in [0.1, 0.15) is 5.75 Å². The third-order valence-electron chi connectivity index (χ3n) is 7.50. The van der Waals surface area contributed by atoms with Crippen molar-refractivity contribution in [3.63, 3.8) is 0 Å². The van der Waals surface area contributed by atoms with E-state index in [9.17, 15) is 14.4 Å². The second kappa shape index (κ2) is 12.8. The molecule has 2 amide bonds. The molecule has 0 saturated heterocycles. The van der Waals surface area contributed by atoms with Gasteiger partial charge in [-0.3, -0.25) is 9.59 Å². The molecule has 3 aromatic carbocycles. The molecular weight excluding hydrogens is 532 g/mol. The van der Waals surface area contributed by atoms with Crippen molar-refractivity contribution in [2.75, 3.05) is 23.2 Å². The Labute approximate surface area is 245 Å². The quantitative estimate of drug-likeness (QED) is 0.283. The van der Waals surface area contributed by atoms with E-state index in [2.05, 4.69) is 0 Å². The molecule has 5 rings (SSSR count). The molecule has 2 unspecified atom stereocenters. The predicted octanol–water partition coefficient (Wildman–Crippen LogP) is 5.57. The maximum atomic E-state index is 14.3. The van der Waals surface area contributed by atoms with E-state index in [-0.39, 0.29) is 25.0 Å². The largest absolute Gasteiger partial charge is 0.482 e. The molecule has 42 heavy (non-hydrogen) atoms. The second-order valence-electron chi connectivity index (χ2n) is 9.97. The first-order chi connectivity index (χ1) is 20.5. The van der Waals surface area contributed by atoms with Gasteiger partial charge < -0.3 is 9.47 Å². The van der Waals surface area contributed by atoms with Crippen molar-refractivity contribution >= 4 is 40.6 Å². The summed E-state index contributed by atoms with van der Waals surface area (Å²) in [6, 6.07) is 25.7. The van der Waals surface area contributed by atoms with Crippen LogP contribution in [-0.2, 0) is 19.1 Å². The first kappa shape index (κ1) is 28.7. The third kappa shape index (κ3) is 5.54. The van der Waals surface area contributed by atoms with Gasteiger partial charge in [0, 0.05) is 5.92 Å². The molecular formula is C33H34N4O5. The number of amides is 2. The van der Waals surface area contributed by atoms with Gasteiger partial charge >= 0.3 is 5.97 Å². The average Bonchev–Trinajstić information content (AvgIpc) is 3.54. The van der Waals surface area contributed by atoms with Crippen molar-refractivity contribution < 1.29 is 23.9 Å². The second-order valence-corrected chi connectivity index (χ2v) is 9.97. The molecule has 2 aliphatic rings. The molecule has 0 bridgehead atoms. The van der Waals surface area contributed by atoms with Gasteiger partial charge in [-0.25, -0.2) is 14.8 Å². The maximum absolute atomic E-state index is 14.3. The van der Waals surface area contributed by atoms with E-state index in [1.165, 1.54) is 10.0 Å². The van der Waals surface area contributed by atoms with Gasteiger partial charge in [0.2, 0.25) is 0 Å². The van der Waals surface area contributed by atoms with Crippen LogP contribution in [0.1, 0.15) is 45.1 Å². The highest BCUT2D eigenvalue weighted by atomic mass is 16.6. The van der Waals surface area contributed by atoms with Crippen LogP contribution >= 0.6 is 0 Å². The molecule has 0 saturated carbocycles. The van der Waals surface area contributed by atoms with Crippen LogP contribution in [-0.4, -0.2) is 42.4 Å². The van der Waals surface area contributed by atoms with Crippen LogP contribution in [0.5, 0.6) is 5.75 Å². The summed E-state index contributed by atoms with van der Waals surface area (Å²) in [5.74, 6) is -2.78. The van der Waals surface area contributed by atoms with E-state index in [1.54, 1.807) is 19.1 Å². The predicted molar refractivity (Wildman–Crippen MR) is 162 cm³/mol. The SMILES string of the molecule is CCOC(=O)COc1ccccc1C(C1C(=O)N(c2ccccc2)N=C1CC)C1C(=O)N(c2ccccc2)N=C1CC. The summed E-state index contributed by atoms with van der Waals surface area (Å²) in [5, 5.41) is 12.4. The summed E-state index contributed by atoms with van der Waals surface area (Å²) in [4.78, 5) is 40.8. The standard InChI is InChI=1S/C33H34N4O5/c1-4-25-30(32(39)36(34-25)22-15-9-7-10-16-22)29(24-19-13-14-20-27(24)42-21-28(38)41-6-3)31-26(5-2)35-37(33(31)40)23-17-11-8-12-18-23/h7-20,29-31H,4-6,21H2,1-3H3. The smallest absolute Gasteiger partial charge is 0.344 e. The molecule has 2 atom stereocenters. The van der Waals surface area contributed by atoms with Crippen molar-refractivity contribution in [3.8, 4) is 5.75 Å². The van der Waals surface area contributed by atoms with Crippen LogP contribution in [0.25, 0.3) is 0 Å². The van der Waals surface area contributed by atoms with Gasteiger partial charge in [0.05, 0.1) is 41.2 Å². The molecule has 216 valence electrons. The summed E-state index contributed by atoms with van der Waals surface area (Å²) in [7, 11) is 0. The molecule has 9 nitrogen and oxygen atoms in total. The Morgan fingerprint density at radius 1 is 0.738 bits per heavy atom. The van der Waals surface area contributed by atoms with E-state index in [0.29, 0.717) is 47.0 Å². The summed E-state index contributed by atoms with van der Waals surface area (Å²) >= 11 is 0. The Kier molecular flexibility index (Phi) is 8.76. The number of hydrazone groups is 2. The molecule has 0 aromatic heterocycles. The van der Waals surface area contributed by atoms with E-state index in [1.807, 2.05) is 86.6 Å². The van der Waals surface area contributed by atoms with Crippen molar-refractivity contribution in [2.45, 2.75) is 39.5 Å². The number of rotatable bonds is 11. The lowest BCUT2D eigenvalue weighted by Crippen LogP contribution is -2.41. The molecule has 0 radical (unpaired) electrons. The Hall–Kier alpha value is -4.79. The Morgan fingerprint density at radius 3 is 1.69 bits per heavy atom. The van der Waals surface area contributed by atoms with Crippen LogP contribution in [0.15, 0.2) is 95.1 Å². The van der Waals surface area contributed by atoms with Gasteiger partial charge in [-0.1, -0.05) is 68.4 Å². The minimum Gasteiger partial charge on any atom is -0.482 e. The highest BCUT2D eigenvalue weighted by Crippen LogP contribution is 2.46. The van der Waals surface area contributed by atoms with Gasteiger partial charge in [-0.2, -0.15) is 10.2 Å². The van der Waals surface area contributed by atoms with Crippen molar-refractivity contribution in [1.29, 1.82) is 0 Å². The van der Waals surface area contributed by atoms with Crippen LogP contribution in [0, 0.1) is 11.8 Å². The number of esters is 1. The molecule has 0 spiro atoms. The van der Waals surface area contributed by atoms with Gasteiger partial charge in [0.15, 0.2) is 6.61 Å². The van der Waals surface area contributed by atoms with E-state index < -0.39 is 23.7 Å². The number of hydrogen-bond donors (Lipinski definition) is 0. The number of hydrogen-bond acceptors (Lipinski definition) is 7. The number of para-hydroxylation sites is 3. The zero-order chi connectivity index (χ0) is 29.6. The number of carbonyl (C=O) groups excluding carboxylic acids is 3. The fourth-order valence-corrected chi connectivity index (χ4v) is 5.62. The molecule has 9 heteroatoms. The number of carbonyl (C=O) groups is 3. The van der Waals surface area contributed by atoms with Crippen molar-refractivity contribution in [1.82, 2.24) is 0 Å². The first-order valence-corrected chi connectivity index (χ1v) is 14.3. The highest BCUT2D eigenvalue weighted by molar-refractivity contribution is 6.20. The van der Waals surface area contributed by atoms with Crippen LogP contribution in [0.3, 0.4) is 0 Å². The number of anilines is 2. The highest BCUT2D eigenvalue weighted by Gasteiger charge is 2.51. The molecule has 2 heterocycles. The Morgan fingerprint density at radius 2 is 1.21 bits per heavy atom. The lowest BCUT2D eigenvalue weighted by atomic mass is 9.71. The summed E-state index contributed by atoms with van der Waals surface area (Å²) < 4.78 is 11.0. The number of ether oxygens (including phenoxy) is 2. The average molecular weight is 567 g/mol. The van der Waals surface area contributed by atoms with Gasteiger partial charge in [-0.15, -0.1) is 0 Å². The van der Waals surface area contributed by atoms with Gasteiger partial charge in [0.25, 0.3) is 11.8 Å². The van der Waals surface area contributed by atoms with Gasteiger partial charge in [-0.05, 0) is 55.7 Å².